The molecule has 0 atom stereocenters. The van der Waals surface area contributed by atoms with E-state index in [4.69, 9.17) is 0 Å². The fraction of sp³-hybridized carbons (Fsp3) is 0.167. The molecule has 7 nitrogen and oxygen atoms in total. The summed E-state index contributed by atoms with van der Waals surface area (Å²) >= 11 is 0. The third kappa shape index (κ3) is 2.59. The van der Waals surface area contributed by atoms with Crippen LogP contribution in [0.25, 0.3) is 10.8 Å². The fourth-order valence-corrected chi connectivity index (χ4v) is 1.60. The molecule has 1 amide bonds. The molecule has 0 spiro atoms. The zero-order valence-electron chi connectivity index (χ0n) is 10.1. The Morgan fingerprint density at radius 3 is 2.68 bits per heavy atom. The zero-order chi connectivity index (χ0) is 13.8. The number of esters is 1. The van der Waals surface area contributed by atoms with Crippen LogP contribution in [-0.2, 0) is 9.53 Å². The molecule has 2 N–H and O–H groups in total. The Bertz CT molecular complexity index is 693. The van der Waals surface area contributed by atoms with Crippen LogP contribution in [0.3, 0.4) is 0 Å². The van der Waals surface area contributed by atoms with Gasteiger partial charge in [0, 0.05) is 5.39 Å². The number of carbonyl (C=O) groups is 2. The quantitative estimate of drug-likeness (QED) is 0.747. The summed E-state index contributed by atoms with van der Waals surface area (Å²) in [7, 11) is 1.22. The number of hydrogen-bond donors (Lipinski definition) is 2. The van der Waals surface area contributed by atoms with Crippen LogP contribution in [0.2, 0.25) is 0 Å². The number of H-pyrrole nitrogens is 1. The van der Waals surface area contributed by atoms with Crippen LogP contribution in [-0.4, -0.2) is 35.7 Å². The van der Waals surface area contributed by atoms with Crippen LogP contribution in [0.15, 0.2) is 29.1 Å². The molecular formula is C12H11N3O4. The maximum Gasteiger partial charge on any atom is 0.325 e. The minimum Gasteiger partial charge on any atom is -0.468 e. The van der Waals surface area contributed by atoms with Crippen molar-refractivity contribution in [3.63, 3.8) is 0 Å². The number of aromatic nitrogens is 2. The normalized spacial score (nSPS) is 10.2. The van der Waals surface area contributed by atoms with Gasteiger partial charge in [-0.3, -0.25) is 14.4 Å². The number of benzene rings is 1. The summed E-state index contributed by atoms with van der Waals surface area (Å²) in [6.07, 6.45) is 0. The SMILES string of the molecule is COC(=O)CNC(=O)c1n[nH]c(=O)c2ccccc12. The van der Waals surface area contributed by atoms with Gasteiger partial charge < -0.3 is 10.1 Å². The van der Waals surface area contributed by atoms with Crippen LogP contribution in [0.1, 0.15) is 10.5 Å². The van der Waals surface area contributed by atoms with Crippen LogP contribution >= 0.6 is 0 Å². The van der Waals surface area contributed by atoms with Gasteiger partial charge in [-0.1, -0.05) is 18.2 Å². The predicted molar refractivity (Wildman–Crippen MR) is 66.7 cm³/mol. The first kappa shape index (κ1) is 12.7. The standard InChI is InChI=1S/C12H11N3O4/c1-19-9(16)6-13-12(18)10-7-4-2-3-5-8(7)11(17)15-14-10/h2-5H,6H2,1H3,(H,13,18)(H,15,17). The molecule has 0 aliphatic rings. The molecule has 98 valence electrons. The summed E-state index contributed by atoms with van der Waals surface area (Å²) in [5.41, 5.74) is -0.320. The average molecular weight is 261 g/mol. The summed E-state index contributed by atoms with van der Waals surface area (Å²) in [5, 5.41) is 9.10. The molecule has 0 fully saturated rings. The van der Waals surface area contributed by atoms with Crippen molar-refractivity contribution >= 4 is 22.6 Å². The van der Waals surface area contributed by atoms with Gasteiger partial charge in [-0.15, -0.1) is 0 Å². The maximum atomic E-state index is 11.9. The highest BCUT2D eigenvalue weighted by Gasteiger charge is 2.14. The monoisotopic (exact) mass is 261 g/mol. The Kier molecular flexibility index (Phi) is 3.56. The van der Waals surface area contributed by atoms with Gasteiger partial charge in [-0.25, -0.2) is 5.10 Å². The van der Waals surface area contributed by atoms with E-state index in [1.165, 1.54) is 7.11 Å². The van der Waals surface area contributed by atoms with Crippen molar-refractivity contribution in [1.82, 2.24) is 15.5 Å². The molecule has 0 saturated carbocycles. The van der Waals surface area contributed by atoms with E-state index in [0.717, 1.165) is 0 Å². The Morgan fingerprint density at radius 1 is 1.32 bits per heavy atom. The average Bonchev–Trinajstić information content (AvgIpc) is 2.45. The number of rotatable bonds is 3. The number of carbonyl (C=O) groups excluding carboxylic acids is 2. The number of nitrogens with one attached hydrogen (secondary N) is 2. The number of nitrogens with zero attached hydrogens (tertiary/aromatic N) is 1. The highest BCUT2D eigenvalue weighted by atomic mass is 16.5. The molecule has 1 aromatic heterocycles. The summed E-state index contributed by atoms with van der Waals surface area (Å²) in [4.78, 5) is 34.4. The summed E-state index contributed by atoms with van der Waals surface area (Å²) < 4.78 is 4.41. The molecule has 0 saturated heterocycles. The molecule has 0 radical (unpaired) electrons. The predicted octanol–water partition coefficient (Wildman–Crippen LogP) is -0.174. The minimum atomic E-state index is -0.568. The Balaban J connectivity index is 2.35. The molecule has 2 aromatic rings. The highest BCUT2D eigenvalue weighted by Crippen LogP contribution is 2.11. The number of hydrogen-bond acceptors (Lipinski definition) is 5. The van der Waals surface area contributed by atoms with Gasteiger partial charge in [-0.2, -0.15) is 5.10 Å². The molecule has 0 aliphatic heterocycles. The van der Waals surface area contributed by atoms with E-state index in [1.807, 2.05) is 0 Å². The van der Waals surface area contributed by atoms with Gasteiger partial charge in [0.1, 0.15) is 6.54 Å². The van der Waals surface area contributed by atoms with Gasteiger partial charge in [0.15, 0.2) is 5.69 Å². The van der Waals surface area contributed by atoms with Crippen LogP contribution in [0.4, 0.5) is 0 Å². The second-order valence-electron chi connectivity index (χ2n) is 3.71. The van der Waals surface area contributed by atoms with Crippen molar-refractivity contribution in [2.75, 3.05) is 13.7 Å². The second-order valence-corrected chi connectivity index (χ2v) is 3.71. The highest BCUT2D eigenvalue weighted by molar-refractivity contribution is 6.05. The third-order valence-electron chi connectivity index (χ3n) is 2.53. The summed E-state index contributed by atoms with van der Waals surface area (Å²) in [5.74, 6) is -1.13. The number of methoxy groups -OCH3 is 1. The molecule has 7 heteroatoms. The van der Waals surface area contributed by atoms with Crippen molar-refractivity contribution < 1.29 is 14.3 Å². The smallest absolute Gasteiger partial charge is 0.325 e. The van der Waals surface area contributed by atoms with E-state index < -0.39 is 11.9 Å². The first-order chi connectivity index (χ1) is 9.13. The van der Waals surface area contributed by atoms with E-state index in [0.29, 0.717) is 10.8 Å². The molecule has 0 unspecified atom stereocenters. The Labute approximate surface area is 107 Å². The maximum absolute atomic E-state index is 11.9. The Hall–Kier alpha value is -2.70. The molecule has 2 rings (SSSR count). The number of fused-ring (bicyclic) bond motifs is 1. The van der Waals surface area contributed by atoms with Gasteiger partial charge >= 0.3 is 5.97 Å². The van der Waals surface area contributed by atoms with Crippen molar-refractivity contribution in [2.24, 2.45) is 0 Å². The largest absolute Gasteiger partial charge is 0.468 e. The summed E-state index contributed by atoms with van der Waals surface area (Å²) in [6.45, 7) is -0.259. The molecule has 1 heterocycles. The molecule has 1 aromatic carbocycles. The zero-order valence-corrected chi connectivity index (χ0v) is 10.1. The number of amides is 1. The van der Waals surface area contributed by atoms with Crippen LogP contribution < -0.4 is 10.9 Å². The molecule has 0 aliphatic carbocycles. The van der Waals surface area contributed by atoms with Crippen LogP contribution in [0.5, 0.6) is 0 Å². The lowest BCUT2D eigenvalue weighted by atomic mass is 10.1. The lowest BCUT2D eigenvalue weighted by Gasteiger charge is -2.05. The topological polar surface area (TPSA) is 101 Å². The van der Waals surface area contributed by atoms with Gasteiger partial charge in [0.05, 0.1) is 12.5 Å². The summed E-state index contributed by atoms with van der Waals surface area (Å²) in [6, 6.07) is 6.59. The van der Waals surface area contributed by atoms with Crippen molar-refractivity contribution in [2.45, 2.75) is 0 Å². The minimum absolute atomic E-state index is 0.0547. The fourth-order valence-electron chi connectivity index (χ4n) is 1.60. The lowest BCUT2D eigenvalue weighted by Crippen LogP contribution is -2.31. The van der Waals surface area contributed by atoms with Gasteiger partial charge in [-0.05, 0) is 6.07 Å². The van der Waals surface area contributed by atoms with E-state index in [9.17, 15) is 14.4 Å². The second kappa shape index (κ2) is 5.30. The van der Waals surface area contributed by atoms with Gasteiger partial charge in [0.2, 0.25) is 0 Å². The molecule has 0 bridgehead atoms. The van der Waals surface area contributed by atoms with Crippen molar-refractivity contribution in [3.05, 3.63) is 40.3 Å². The third-order valence-corrected chi connectivity index (χ3v) is 2.53. The van der Waals surface area contributed by atoms with Crippen molar-refractivity contribution in [1.29, 1.82) is 0 Å². The molecule has 19 heavy (non-hydrogen) atoms. The number of ether oxygens (including phenoxy) is 1. The Morgan fingerprint density at radius 2 is 2.00 bits per heavy atom. The lowest BCUT2D eigenvalue weighted by molar-refractivity contribution is -0.139. The van der Waals surface area contributed by atoms with Gasteiger partial charge in [0.25, 0.3) is 11.5 Å². The molecular weight excluding hydrogens is 250 g/mol. The van der Waals surface area contributed by atoms with E-state index in [2.05, 4.69) is 20.3 Å². The van der Waals surface area contributed by atoms with E-state index >= 15 is 0 Å². The van der Waals surface area contributed by atoms with Crippen molar-refractivity contribution in [3.8, 4) is 0 Å². The van der Waals surface area contributed by atoms with E-state index in [1.54, 1.807) is 24.3 Å². The first-order valence-electron chi connectivity index (χ1n) is 5.46. The first-order valence-corrected chi connectivity index (χ1v) is 5.46. The van der Waals surface area contributed by atoms with Crippen LogP contribution in [0, 0.1) is 0 Å². The van der Waals surface area contributed by atoms with E-state index in [-0.39, 0.29) is 17.8 Å². The number of aromatic amines is 1.